The van der Waals surface area contributed by atoms with E-state index in [1.807, 2.05) is 0 Å². The fourth-order valence-electron chi connectivity index (χ4n) is 1.37. The lowest BCUT2D eigenvalue weighted by atomic mass is 10.2. The lowest BCUT2D eigenvalue weighted by Gasteiger charge is -2.31. The third-order valence-electron chi connectivity index (χ3n) is 2.02. The molecule has 4 nitrogen and oxygen atoms in total. The highest BCUT2D eigenvalue weighted by molar-refractivity contribution is 5.74. The van der Waals surface area contributed by atoms with E-state index in [4.69, 9.17) is 4.74 Å². The van der Waals surface area contributed by atoms with Gasteiger partial charge in [-0.1, -0.05) is 0 Å². The Balaban J connectivity index is 2.46. The van der Waals surface area contributed by atoms with E-state index in [9.17, 15) is 18.0 Å². The zero-order valence-corrected chi connectivity index (χ0v) is 8.21. The van der Waals surface area contributed by atoms with Gasteiger partial charge in [0, 0.05) is 13.1 Å². The first-order chi connectivity index (χ1) is 6.92. The average molecular weight is 227 g/mol. The van der Waals surface area contributed by atoms with Crippen LogP contribution in [0.1, 0.15) is 0 Å². The van der Waals surface area contributed by atoms with E-state index in [0.717, 1.165) is 4.90 Å². The Labute approximate surface area is 84.9 Å². The molecule has 0 radical (unpaired) electrons. The Bertz CT molecular complexity index is 232. The summed E-state index contributed by atoms with van der Waals surface area (Å²) in [5, 5.41) is 0. The van der Waals surface area contributed by atoms with Crippen molar-refractivity contribution in [3.8, 4) is 0 Å². The molecule has 1 heterocycles. The van der Waals surface area contributed by atoms with E-state index in [0.29, 0.717) is 0 Å². The molecule has 1 aliphatic rings. The lowest BCUT2D eigenvalue weighted by molar-refractivity contribution is -0.174. The molecular weight excluding hydrogens is 215 g/mol. The van der Waals surface area contributed by atoms with E-state index in [1.54, 1.807) is 0 Å². The Morgan fingerprint density at radius 3 is 2.80 bits per heavy atom. The summed E-state index contributed by atoms with van der Waals surface area (Å²) in [7, 11) is 1.17. The molecule has 15 heavy (non-hydrogen) atoms. The quantitative estimate of drug-likeness (QED) is 0.641. The predicted molar refractivity (Wildman–Crippen MR) is 44.3 cm³/mol. The van der Waals surface area contributed by atoms with Gasteiger partial charge in [-0.3, -0.25) is 4.90 Å². The largest absolute Gasteiger partial charge is 0.467 e. The molecule has 0 aromatic rings. The standard InChI is InChI=1S/C8H12F3NO3/c1-14-7(13)6-4-12(2-3-15-6)5-8(9,10)11/h6H,2-5H2,1H3. The molecule has 7 heteroatoms. The number of alkyl halides is 3. The van der Waals surface area contributed by atoms with Crippen LogP contribution in [0.15, 0.2) is 0 Å². The van der Waals surface area contributed by atoms with Crippen molar-refractivity contribution >= 4 is 5.97 Å². The summed E-state index contributed by atoms with van der Waals surface area (Å²) in [5.41, 5.74) is 0. The normalized spacial score (nSPS) is 23.9. The van der Waals surface area contributed by atoms with Gasteiger partial charge >= 0.3 is 12.1 Å². The van der Waals surface area contributed by atoms with Crippen LogP contribution in [0.25, 0.3) is 0 Å². The van der Waals surface area contributed by atoms with Crippen molar-refractivity contribution in [3.05, 3.63) is 0 Å². The summed E-state index contributed by atoms with van der Waals surface area (Å²) in [6, 6.07) is 0. The number of hydrogen-bond donors (Lipinski definition) is 0. The first-order valence-electron chi connectivity index (χ1n) is 4.41. The highest BCUT2D eigenvalue weighted by Crippen LogP contribution is 2.18. The summed E-state index contributed by atoms with van der Waals surface area (Å²) in [6.07, 6.45) is -5.16. The molecule has 0 bridgehead atoms. The number of ether oxygens (including phenoxy) is 2. The first kappa shape index (κ1) is 12.3. The summed E-state index contributed by atoms with van der Waals surface area (Å²) in [5.74, 6) is -0.637. The molecule has 1 aliphatic heterocycles. The second-order valence-corrected chi connectivity index (χ2v) is 3.23. The number of methoxy groups -OCH3 is 1. The smallest absolute Gasteiger partial charge is 0.401 e. The van der Waals surface area contributed by atoms with Crippen LogP contribution in [0.2, 0.25) is 0 Å². The van der Waals surface area contributed by atoms with Crippen molar-refractivity contribution in [2.45, 2.75) is 12.3 Å². The van der Waals surface area contributed by atoms with Crippen LogP contribution in [0.3, 0.4) is 0 Å². The molecular formula is C8H12F3NO3. The highest BCUT2D eigenvalue weighted by Gasteiger charge is 2.35. The van der Waals surface area contributed by atoms with Gasteiger partial charge in [0.1, 0.15) is 0 Å². The van der Waals surface area contributed by atoms with Gasteiger partial charge in [-0.05, 0) is 0 Å². The van der Waals surface area contributed by atoms with E-state index in [-0.39, 0.29) is 19.7 Å². The Morgan fingerprint density at radius 2 is 2.27 bits per heavy atom. The monoisotopic (exact) mass is 227 g/mol. The molecule has 1 atom stereocenters. The van der Waals surface area contributed by atoms with E-state index < -0.39 is 24.8 Å². The van der Waals surface area contributed by atoms with Crippen LogP contribution in [-0.4, -0.2) is 56.5 Å². The number of nitrogens with zero attached hydrogens (tertiary/aromatic N) is 1. The van der Waals surface area contributed by atoms with Gasteiger partial charge in [0.2, 0.25) is 0 Å². The molecule has 0 aromatic heterocycles. The summed E-state index contributed by atoms with van der Waals surface area (Å²) in [4.78, 5) is 12.2. The SMILES string of the molecule is COC(=O)C1CN(CC(F)(F)F)CCO1. The van der Waals surface area contributed by atoms with Gasteiger partial charge in [0.15, 0.2) is 6.10 Å². The minimum absolute atomic E-state index is 0.0772. The third kappa shape index (κ3) is 4.05. The van der Waals surface area contributed by atoms with Crippen LogP contribution < -0.4 is 0 Å². The van der Waals surface area contributed by atoms with Gasteiger partial charge in [0.25, 0.3) is 0 Å². The summed E-state index contributed by atoms with van der Waals surface area (Å²) >= 11 is 0. The number of morpholine rings is 1. The molecule has 1 fully saturated rings. The van der Waals surface area contributed by atoms with Gasteiger partial charge in [0.05, 0.1) is 20.3 Å². The molecule has 0 aliphatic carbocycles. The Kier molecular flexibility index (Phi) is 3.92. The van der Waals surface area contributed by atoms with Gasteiger partial charge < -0.3 is 9.47 Å². The van der Waals surface area contributed by atoms with Crippen molar-refractivity contribution in [3.63, 3.8) is 0 Å². The minimum Gasteiger partial charge on any atom is -0.467 e. The fraction of sp³-hybridized carbons (Fsp3) is 0.875. The lowest BCUT2D eigenvalue weighted by Crippen LogP contribution is -2.49. The summed E-state index contributed by atoms with van der Waals surface area (Å²) in [6.45, 7) is -0.821. The van der Waals surface area contributed by atoms with Gasteiger partial charge in [-0.25, -0.2) is 4.79 Å². The third-order valence-corrected chi connectivity index (χ3v) is 2.02. The average Bonchev–Trinajstić information content (AvgIpc) is 2.14. The number of hydrogen-bond acceptors (Lipinski definition) is 4. The molecule has 88 valence electrons. The molecule has 0 N–H and O–H groups in total. The van der Waals surface area contributed by atoms with E-state index in [2.05, 4.69) is 4.74 Å². The maximum Gasteiger partial charge on any atom is 0.401 e. The predicted octanol–water partition coefficient (Wildman–Crippen LogP) is 0.422. The first-order valence-corrected chi connectivity index (χ1v) is 4.41. The number of carbonyl (C=O) groups is 1. The van der Waals surface area contributed by atoms with Gasteiger partial charge in [-0.15, -0.1) is 0 Å². The zero-order valence-electron chi connectivity index (χ0n) is 8.21. The maximum absolute atomic E-state index is 12.1. The van der Waals surface area contributed by atoms with Crippen LogP contribution in [0.5, 0.6) is 0 Å². The number of carbonyl (C=O) groups excluding carboxylic acids is 1. The number of halogens is 3. The fourth-order valence-corrected chi connectivity index (χ4v) is 1.37. The van der Waals surface area contributed by atoms with Crippen molar-refractivity contribution in [1.82, 2.24) is 4.90 Å². The van der Waals surface area contributed by atoms with Crippen molar-refractivity contribution in [2.24, 2.45) is 0 Å². The van der Waals surface area contributed by atoms with Crippen molar-refractivity contribution in [2.75, 3.05) is 33.4 Å². The van der Waals surface area contributed by atoms with E-state index >= 15 is 0 Å². The molecule has 1 saturated heterocycles. The molecule has 0 saturated carbocycles. The summed E-state index contributed by atoms with van der Waals surface area (Å²) < 4.78 is 45.5. The molecule has 1 unspecified atom stereocenters. The van der Waals surface area contributed by atoms with Crippen molar-refractivity contribution < 1.29 is 27.4 Å². The zero-order chi connectivity index (χ0) is 11.5. The number of esters is 1. The van der Waals surface area contributed by atoms with Crippen LogP contribution in [0, 0.1) is 0 Å². The molecule has 0 amide bonds. The van der Waals surface area contributed by atoms with Crippen LogP contribution in [-0.2, 0) is 14.3 Å². The second-order valence-electron chi connectivity index (χ2n) is 3.23. The molecule has 1 rings (SSSR count). The van der Waals surface area contributed by atoms with Gasteiger partial charge in [-0.2, -0.15) is 13.2 Å². The van der Waals surface area contributed by atoms with Crippen LogP contribution >= 0.6 is 0 Å². The topological polar surface area (TPSA) is 38.8 Å². The van der Waals surface area contributed by atoms with E-state index in [1.165, 1.54) is 7.11 Å². The van der Waals surface area contributed by atoms with Crippen molar-refractivity contribution in [1.29, 1.82) is 0 Å². The minimum atomic E-state index is -4.25. The number of rotatable bonds is 2. The molecule has 0 aromatic carbocycles. The Hall–Kier alpha value is -0.820. The molecule has 0 spiro atoms. The second kappa shape index (κ2) is 4.80. The maximum atomic E-state index is 12.1. The Morgan fingerprint density at radius 1 is 1.60 bits per heavy atom. The highest BCUT2D eigenvalue weighted by atomic mass is 19.4. The van der Waals surface area contributed by atoms with Crippen LogP contribution in [0.4, 0.5) is 13.2 Å².